The van der Waals surface area contributed by atoms with Gasteiger partial charge in [0.2, 0.25) is 0 Å². The molecular formula is C60H42N2. The summed E-state index contributed by atoms with van der Waals surface area (Å²) in [6, 6.07) is 80.1. The maximum Gasteiger partial charge on any atom is 0.0546 e. The molecule has 2 heterocycles. The van der Waals surface area contributed by atoms with Crippen LogP contribution in [0.25, 0.3) is 93.9 Å². The average Bonchev–Trinajstić information content (AvgIpc) is 3.87. The number of aromatic nitrogens is 2. The molecule has 0 N–H and O–H groups in total. The second-order valence-electron chi connectivity index (χ2n) is 16.5. The molecule has 11 aromatic rings. The van der Waals surface area contributed by atoms with E-state index in [9.17, 15) is 0 Å². The van der Waals surface area contributed by atoms with E-state index < -0.39 is 0 Å². The number of hydrogen-bond acceptors (Lipinski definition) is 0. The molecule has 1 unspecified atom stereocenters. The molecule has 2 heteroatoms. The molecule has 0 aliphatic heterocycles. The van der Waals surface area contributed by atoms with Gasteiger partial charge in [0, 0.05) is 38.7 Å². The van der Waals surface area contributed by atoms with Crippen LogP contribution in [0.3, 0.4) is 0 Å². The van der Waals surface area contributed by atoms with Crippen LogP contribution in [0.15, 0.2) is 237 Å². The Morgan fingerprint density at radius 2 is 0.855 bits per heavy atom. The zero-order chi connectivity index (χ0) is 41.0. The minimum absolute atomic E-state index is 0.395. The molecule has 0 spiro atoms. The normalized spacial score (nSPS) is 13.9. The van der Waals surface area contributed by atoms with Gasteiger partial charge in [0.05, 0.1) is 27.8 Å². The largest absolute Gasteiger partial charge is 0.309 e. The Morgan fingerprint density at radius 1 is 0.355 bits per heavy atom. The molecule has 2 nitrogen and oxygen atoms in total. The number of rotatable bonds is 7. The third kappa shape index (κ3) is 6.11. The van der Waals surface area contributed by atoms with E-state index in [1.807, 2.05) is 0 Å². The number of allylic oxidation sites excluding steroid dienone is 4. The van der Waals surface area contributed by atoms with Crippen LogP contribution in [0.5, 0.6) is 0 Å². The number of benzene rings is 9. The molecule has 0 amide bonds. The van der Waals surface area contributed by atoms with Crippen LogP contribution in [-0.4, -0.2) is 9.13 Å². The molecule has 0 saturated heterocycles. The van der Waals surface area contributed by atoms with Crippen LogP contribution in [-0.2, 0) is 0 Å². The molecule has 12 rings (SSSR count). The Morgan fingerprint density at radius 3 is 1.52 bits per heavy atom. The number of para-hydroxylation sites is 2. The van der Waals surface area contributed by atoms with Gasteiger partial charge in [-0.05, 0) is 106 Å². The molecule has 0 fully saturated rings. The van der Waals surface area contributed by atoms with Crippen LogP contribution >= 0.6 is 0 Å². The Bertz CT molecular complexity index is 3510. The second-order valence-corrected chi connectivity index (χ2v) is 16.5. The van der Waals surface area contributed by atoms with Crippen LogP contribution in [0.4, 0.5) is 0 Å². The van der Waals surface area contributed by atoms with E-state index in [2.05, 4.69) is 246 Å². The van der Waals surface area contributed by atoms with E-state index in [4.69, 9.17) is 0 Å². The predicted molar refractivity (Wildman–Crippen MR) is 262 cm³/mol. The van der Waals surface area contributed by atoms with Gasteiger partial charge in [-0.1, -0.05) is 182 Å². The maximum absolute atomic E-state index is 2.47. The van der Waals surface area contributed by atoms with Crippen LogP contribution in [0.2, 0.25) is 0 Å². The Balaban J connectivity index is 0.952. The first-order valence-electron chi connectivity index (χ1n) is 21.6. The maximum atomic E-state index is 2.47. The molecule has 0 bridgehead atoms. The van der Waals surface area contributed by atoms with Gasteiger partial charge in [0.25, 0.3) is 0 Å². The van der Waals surface area contributed by atoms with Crippen molar-refractivity contribution >= 4 is 49.2 Å². The predicted octanol–water partition coefficient (Wildman–Crippen LogP) is 16.0. The summed E-state index contributed by atoms with van der Waals surface area (Å²) in [4.78, 5) is 0. The van der Waals surface area contributed by atoms with Crippen molar-refractivity contribution in [2.24, 2.45) is 0 Å². The zero-order valence-corrected chi connectivity index (χ0v) is 34.2. The van der Waals surface area contributed by atoms with Crippen LogP contribution in [0.1, 0.15) is 23.5 Å². The molecule has 0 radical (unpaired) electrons. The fraction of sp³-hybridized carbons (Fsp3) is 0.0333. The van der Waals surface area contributed by atoms with E-state index in [-0.39, 0.29) is 0 Å². The van der Waals surface area contributed by atoms with E-state index >= 15 is 0 Å². The molecule has 292 valence electrons. The van der Waals surface area contributed by atoms with Crippen molar-refractivity contribution in [3.63, 3.8) is 0 Å². The summed E-state index contributed by atoms with van der Waals surface area (Å²) in [5.41, 5.74) is 18.4. The molecular weight excluding hydrogens is 749 g/mol. The summed E-state index contributed by atoms with van der Waals surface area (Å²) in [6.07, 6.45) is 7.82. The van der Waals surface area contributed by atoms with Gasteiger partial charge in [-0.15, -0.1) is 0 Å². The van der Waals surface area contributed by atoms with Crippen molar-refractivity contribution in [2.45, 2.75) is 12.3 Å². The molecule has 2 aromatic heterocycles. The highest BCUT2D eigenvalue weighted by molar-refractivity contribution is 6.13. The highest BCUT2D eigenvalue weighted by Crippen LogP contribution is 2.41. The van der Waals surface area contributed by atoms with Gasteiger partial charge in [-0.2, -0.15) is 0 Å². The van der Waals surface area contributed by atoms with Gasteiger partial charge in [0.1, 0.15) is 0 Å². The Labute approximate surface area is 361 Å². The first kappa shape index (κ1) is 36.0. The summed E-state index contributed by atoms with van der Waals surface area (Å²) in [5.74, 6) is 0.395. The van der Waals surface area contributed by atoms with Crippen molar-refractivity contribution in [3.8, 4) is 44.8 Å². The SMILES string of the molecule is C1=CC(c2ccccc2)CC(c2ccc(-n3c4ccccc4c4cc(-c5ccc6c(c5)c5ccccc5n6-c5cc(-c6ccccc6)ccc5-c5ccccc5)ccc43)cc2)=C1. The van der Waals surface area contributed by atoms with Crippen molar-refractivity contribution in [3.05, 3.63) is 248 Å². The first-order valence-corrected chi connectivity index (χ1v) is 21.6. The van der Waals surface area contributed by atoms with E-state index in [1.54, 1.807) is 0 Å². The lowest BCUT2D eigenvalue weighted by Gasteiger charge is -2.19. The number of hydrogen-bond donors (Lipinski definition) is 0. The average molecular weight is 791 g/mol. The summed E-state index contributed by atoms with van der Waals surface area (Å²) in [5, 5.41) is 4.98. The van der Waals surface area contributed by atoms with Gasteiger partial charge in [-0.3, -0.25) is 0 Å². The number of fused-ring (bicyclic) bond motifs is 6. The standard InChI is InChI=1S/C60H42N2/c1-4-15-41(16-5-1)45-21-14-22-46(37-45)43-27-32-50(33-28-43)61-56-25-12-10-23-52(56)54-38-47(30-35-58(54)61)48-31-36-59-55(39-48)53-24-11-13-26-57(53)62(59)60-40-49(42-17-6-2-7-18-42)29-34-51(60)44-19-8-3-9-20-44/h1-36,38-40,45H,37H2. The highest BCUT2D eigenvalue weighted by atomic mass is 15.0. The topological polar surface area (TPSA) is 9.86 Å². The Kier molecular flexibility index (Phi) is 8.67. The van der Waals surface area contributed by atoms with Gasteiger partial charge < -0.3 is 9.13 Å². The van der Waals surface area contributed by atoms with E-state index in [1.165, 1.54) is 105 Å². The fourth-order valence-corrected chi connectivity index (χ4v) is 9.88. The number of nitrogens with zero attached hydrogens (tertiary/aromatic N) is 2. The molecule has 1 atom stereocenters. The zero-order valence-electron chi connectivity index (χ0n) is 34.2. The van der Waals surface area contributed by atoms with Crippen LogP contribution in [0, 0.1) is 0 Å². The van der Waals surface area contributed by atoms with E-state index in [0.717, 1.165) is 6.42 Å². The summed E-state index contributed by atoms with van der Waals surface area (Å²) in [7, 11) is 0. The lowest BCUT2D eigenvalue weighted by Crippen LogP contribution is -2.01. The Hall–Kier alpha value is -7.94. The highest BCUT2D eigenvalue weighted by Gasteiger charge is 2.20. The van der Waals surface area contributed by atoms with Crippen molar-refractivity contribution in [1.29, 1.82) is 0 Å². The third-order valence-corrected chi connectivity index (χ3v) is 12.9. The quantitative estimate of drug-likeness (QED) is 0.152. The van der Waals surface area contributed by atoms with Crippen molar-refractivity contribution in [2.75, 3.05) is 0 Å². The minimum atomic E-state index is 0.395. The fourth-order valence-electron chi connectivity index (χ4n) is 9.88. The van der Waals surface area contributed by atoms with Gasteiger partial charge in [-0.25, -0.2) is 0 Å². The summed E-state index contributed by atoms with van der Waals surface area (Å²) < 4.78 is 4.89. The van der Waals surface area contributed by atoms with Crippen LogP contribution < -0.4 is 0 Å². The smallest absolute Gasteiger partial charge is 0.0546 e. The third-order valence-electron chi connectivity index (χ3n) is 12.9. The monoisotopic (exact) mass is 790 g/mol. The molecule has 1 aliphatic carbocycles. The van der Waals surface area contributed by atoms with Crippen molar-refractivity contribution < 1.29 is 0 Å². The summed E-state index contributed by atoms with van der Waals surface area (Å²) in [6.45, 7) is 0. The first-order chi connectivity index (χ1) is 30.7. The van der Waals surface area contributed by atoms with Gasteiger partial charge >= 0.3 is 0 Å². The van der Waals surface area contributed by atoms with Crippen molar-refractivity contribution in [1.82, 2.24) is 9.13 Å². The van der Waals surface area contributed by atoms with Gasteiger partial charge in [0.15, 0.2) is 0 Å². The second kappa shape index (κ2) is 15.0. The molecule has 9 aromatic carbocycles. The molecule has 62 heavy (non-hydrogen) atoms. The molecule has 1 aliphatic rings. The minimum Gasteiger partial charge on any atom is -0.309 e. The molecule has 0 saturated carbocycles. The van der Waals surface area contributed by atoms with E-state index in [0.29, 0.717) is 5.92 Å². The lowest BCUT2D eigenvalue weighted by molar-refractivity contribution is 0.867. The summed E-state index contributed by atoms with van der Waals surface area (Å²) >= 11 is 0. The lowest BCUT2D eigenvalue weighted by atomic mass is 9.85.